The van der Waals surface area contributed by atoms with Gasteiger partial charge in [0.2, 0.25) is 0 Å². The molecule has 3 heteroatoms. The molecule has 2 nitrogen and oxygen atoms in total. The number of hydrogen-bond donors (Lipinski definition) is 0. The predicted octanol–water partition coefficient (Wildman–Crippen LogP) is 3.53. The maximum atomic E-state index is 12.9. The van der Waals surface area contributed by atoms with Crippen LogP contribution in [-0.2, 0) is 16.6 Å². The summed E-state index contributed by atoms with van der Waals surface area (Å²) in [5.74, 6) is 0.481. The largest absolute Gasteiger partial charge is 0.497 e. The zero-order valence-corrected chi connectivity index (χ0v) is 11.6. The summed E-state index contributed by atoms with van der Waals surface area (Å²) in [6, 6.07) is 13.7. The van der Waals surface area contributed by atoms with Gasteiger partial charge < -0.3 is 9.53 Å². The molecular formula is C17H17FO2. The third-order valence-corrected chi connectivity index (χ3v) is 3.49. The summed E-state index contributed by atoms with van der Waals surface area (Å²) in [6.45, 7) is 1.88. The van der Waals surface area contributed by atoms with Crippen molar-refractivity contribution in [2.75, 3.05) is 7.11 Å². The summed E-state index contributed by atoms with van der Waals surface area (Å²) in [5, 5.41) is 0. The number of aldehydes is 1. The van der Waals surface area contributed by atoms with Crippen LogP contribution in [0.25, 0.3) is 0 Å². The highest BCUT2D eigenvalue weighted by Crippen LogP contribution is 2.28. The molecule has 0 aliphatic carbocycles. The van der Waals surface area contributed by atoms with Crippen LogP contribution in [0.1, 0.15) is 18.1 Å². The average molecular weight is 272 g/mol. The van der Waals surface area contributed by atoms with Gasteiger partial charge in [0, 0.05) is 0 Å². The Kier molecular flexibility index (Phi) is 4.18. The average Bonchev–Trinajstić information content (AvgIpc) is 2.49. The molecule has 0 heterocycles. The van der Waals surface area contributed by atoms with Crippen molar-refractivity contribution in [1.82, 2.24) is 0 Å². The molecule has 104 valence electrons. The quantitative estimate of drug-likeness (QED) is 0.778. The van der Waals surface area contributed by atoms with Gasteiger partial charge in [-0.1, -0.05) is 24.3 Å². The van der Waals surface area contributed by atoms with Crippen molar-refractivity contribution in [3.8, 4) is 5.75 Å². The fourth-order valence-corrected chi connectivity index (χ4v) is 2.21. The Morgan fingerprint density at radius 1 is 1.10 bits per heavy atom. The number of hydrogen-bond acceptors (Lipinski definition) is 2. The van der Waals surface area contributed by atoms with Gasteiger partial charge in [-0.05, 0) is 48.7 Å². The number of carbonyl (C=O) groups is 1. The molecule has 0 N–H and O–H groups in total. The predicted molar refractivity (Wildman–Crippen MR) is 76.5 cm³/mol. The van der Waals surface area contributed by atoms with E-state index in [0.717, 1.165) is 23.2 Å². The Bertz CT molecular complexity index is 575. The molecule has 0 radical (unpaired) electrons. The number of methoxy groups -OCH3 is 1. The Morgan fingerprint density at radius 2 is 1.70 bits per heavy atom. The molecule has 0 aromatic heterocycles. The van der Waals surface area contributed by atoms with Crippen LogP contribution in [0.2, 0.25) is 0 Å². The van der Waals surface area contributed by atoms with Crippen molar-refractivity contribution in [3.05, 3.63) is 65.5 Å². The van der Waals surface area contributed by atoms with E-state index in [1.165, 1.54) is 12.1 Å². The van der Waals surface area contributed by atoms with E-state index < -0.39 is 5.41 Å². The van der Waals surface area contributed by atoms with Gasteiger partial charge >= 0.3 is 0 Å². The van der Waals surface area contributed by atoms with Crippen LogP contribution in [0.5, 0.6) is 5.75 Å². The Balaban J connectivity index is 2.27. The molecule has 2 aromatic rings. The van der Waals surface area contributed by atoms with Gasteiger partial charge in [0.25, 0.3) is 0 Å². The number of carbonyl (C=O) groups excluding carboxylic acids is 1. The number of halogens is 1. The van der Waals surface area contributed by atoms with Gasteiger partial charge in [-0.3, -0.25) is 0 Å². The van der Waals surface area contributed by atoms with Gasteiger partial charge in [-0.15, -0.1) is 0 Å². The first kappa shape index (κ1) is 14.3. The molecule has 2 rings (SSSR count). The SMILES string of the molecule is COc1ccc(C(C)(C=O)Cc2ccc(F)cc2)cc1. The zero-order chi connectivity index (χ0) is 14.6. The highest BCUT2D eigenvalue weighted by molar-refractivity contribution is 5.69. The second-order valence-corrected chi connectivity index (χ2v) is 5.07. The Morgan fingerprint density at radius 3 is 2.20 bits per heavy atom. The molecule has 0 aliphatic rings. The standard InChI is InChI=1S/C17H17FO2/c1-17(12-19,11-13-3-7-15(18)8-4-13)14-5-9-16(20-2)10-6-14/h3-10,12H,11H2,1-2H3. The zero-order valence-electron chi connectivity index (χ0n) is 11.6. The minimum absolute atomic E-state index is 0.272. The maximum absolute atomic E-state index is 12.9. The lowest BCUT2D eigenvalue weighted by Crippen LogP contribution is -2.26. The second kappa shape index (κ2) is 5.87. The van der Waals surface area contributed by atoms with Crippen molar-refractivity contribution in [3.63, 3.8) is 0 Å². The van der Waals surface area contributed by atoms with E-state index in [9.17, 15) is 9.18 Å². The van der Waals surface area contributed by atoms with Gasteiger partial charge in [-0.25, -0.2) is 4.39 Å². The fourth-order valence-electron chi connectivity index (χ4n) is 2.21. The van der Waals surface area contributed by atoms with Crippen molar-refractivity contribution >= 4 is 6.29 Å². The smallest absolute Gasteiger partial charge is 0.130 e. The Hall–Kier alpha value is -2.16. The molecule has 1 atom stereocenters. The van der Waals surface area contributed by atoms with E-state index in [-0.39, 0.29) is 5.82 Å². The first-order valence-corrected chi connectivity index (χ1v) is 6.43. The summed E-state index contributed by atoms with van der Waals surface area (Å²) in [4.78, 5) is 11.5. The van der Waals surface area contributed by atoms with Crippen molar-refractivity contribution in [2.45, 2.75) is 18.8 Å². The van der Waals surface area contributed by atoms with Crippen LogP contribution in [0.3, 0.4) is 0 Å². The van der Waals surface area contributed by atoms with Crippen molar-refractivity contribution in [2.24, 2.45) is 0 Å². The summed E-state index contributed by atoms with van der Waals surface area (Å²) in [6.07, 6.45) is 1.47. The van der Waals surface area contributed by atoms with E-state index in [2.05, 4.69) is 0 Å². The van der Waals surface area contributed by atoms with E-state index in [0.29, 0.717) is 6.42 Å². The van der Waals surface area contributed by atoms with Crippen LogP contribution >= 0.6 is 0 Å². The van der Waals surface area contributed by atoms with Crippen molar-refractivity contribution in [1.29, 1.82) is 0 Å². The fraction of sp³-hybridized carbons (Fsp3) is 0.235. The van der Waals surface area contributed by atoms with Crippen LogP contribution in [0.15, 0.2) is 48.5 Å². The molecule has 0 aliphatic heterocycles. The number of benzene rings is 2. The molecule has 0 bridgehead atoms. The van der Waals surface area contributed by atoms with E-state index >= 15 is 0 Å². The minimum atomic E-state index is -0.635. The summed E-state index contributed by atoms with van der Waals surface area (Å²) in [7, 11) is 1.60. The molecule has 2 aromatic carbocycles. The highest BCUT2D eigenvalue weighted by atomic mass is 19.1. The highest BCUT2D eigenvalue weighted by Gasteiger charge is 2.26. The first-order chi connectivity index (χ1) is 9.57. The van der Waals surface area contributed by atoms with Crippen LogP contribution in [0.4, 0.5) is 4.39 Å². The number of rotatable bonds is 5. The first-order valence-electron chi connectivity index (χ1n) is 6.43. The van der Waals surface area contributed by atoms with E-state index in [1.807, 2.05) is 31.2 Å². The molecule has 0 saturated carbocycles. The lowest BCUT2D eigenvalue weighted by atomic mass is 9.78. The second-order valence-electron chi connectivity index (χ2n) is 5.07. The van der Waals surface area contributed by atoms with Gasteiger partial charge in [-0.2, -0.15) is 0 Å². The monoisotopic (exact) mass is 272 g/mol. The van der Waals surface area contributed by atoms with Gasteiger partial charge in [0.15, 0.2) is 0 Å². The van der Waals surface area contributed by atoms with E-state index in [4.69, 9.17) is 4.74 Å². The topological polar surface area (TPSA) is 26.3 Å². The number of ether oxygens (including phenoxy) is 1. The normalized spacial score (nSPS) is 13.6. The maximum Gasteiger partial charge on any atom is 0.130 e. The summed E-state index contributed by atoms with van der Waals surface area (Å²) >= 11 is 0. The minimum Gasteiger partial charge on any atom is -0.497 e. The summed E-state index contributed by atoms with van der Waals surface area (Å²) < 4.78 is 18.0. The third-order valence-electron chi connectivity index (χ3n) is 3.49. The summed E-state index contributed by atoms with van der Waals surface area (Å²) in [5.41, 5.74) is 1.21. The van der Waals surface area contributed by atoms with E-state index in [1.54, 1.807) is 19.2 Å². The van der Waals surface area contributed by atoms with Crippen LogP contribution in [0, 0.1) is 5.82 Å². The lowest BCUT2D eigenvalue weighted by Gasteiger charge is -2.24. The Labute approximate surface area is 118 Å². The molecule has 0 saturated heterocycles. The van der Waals surface area contributed by atoms with Gasteiger partial charge in [0.1, 0.15) is 17.9 Å². The third kappa shape index (κ3) is 3.05. The molecule has 0 amide bonds. The van der Waals surface area contributed by atoms with Crippen LogP contribution in [-0.4, -0.2) is 13.4 Å². The van der Waals surface area contributed by atoms with Crippen LogP contribution < -0.4 is 4.74 Å². The molecule has 1 unspecified atom stereocenters. The lowest BCUT2D eigenvalue weighted by molar-refractivity contribution is -0.112. The molecular weight excluding hydrogens is 255 g/mol. The molecule has 0 spiro atoms. The van der Waals surface area contributed by atoms with Crippen molar-refractivity contribution < 1.29 is 13.9 Å². The van der Waals surface area contributed by atoms with Gasteiger partial charge in [0.05, 0.1) is 12.5 Å². The molecule has 20 heavy (non-hydrogen) atoms. The molecule has 0 fully saturated rings.